The lowest BCUT2D eigenvalue weighted by atomic mass is 10.0. The molecule has 6 nitrogen and oxygen atoms in total. The van der Waals surface area contributed by atoms with Crippen molar-refractivity contribution in [1.82, 2.24) is 9.97 Å². The highest BCUT2D eigenvalue weighted by molar-refractivity contribution is 7.85. The van der Waals surface area contributed by atoms with E-state index in [0.29, 0.717) is 16.8 Å². The van der Waals surface area contributed by atoms with Crippen LogP contribution in [0.3, 0.4) is 0 Å². The van der Waals surface area contributed by atoms with Crippen LogP contribution in [0.2, 0.25) is 0 Å². The van der Waals surface area contributed by atoms with E-state index in [2.05, 4.69) is 15.3 Å². The first kappa shape index (κ1) is 19.8. The van der Waals surface area contributed by atoms with Gasteiger partial charge in [-0.3, -0.25) is 4.55 Å². The molecule has 0 bridgehead atoms. The Balaban J connectivity index is 1.97. The van der Waals surface area contributed by atoms with Gasteiger partial charge in [0.2, 0.25) is 5.95 Å². The Morgan fingerprint density at radius 3 is 2.46 bits per heavy atom. The van der Waals surface area contributed by atoms with Gasteiger partial charge >= 0.3 is 6.18 Å². The number of alkyl halides is 3. The van der Waals surface area contributed by atoms with Crippen molar-refractivity contribution < 1.29 is 26.1 Å². The molecule has 1 aromatic heterocycles. The summed E-state index contributed by atoms with van der Waals surface area (Å²) >= 11 is 0. The molecule has 2 N–H and O–H groups in total. The Morgan fingerprint density at radius 1 is 1.04 bits per heavy atom. The van der Waals surface area contributed by atoms with Crippen LogP contribution in [-0.4, -0.2) is 22.9 Å². The second kappa shape index (κ2) is 7.21. The maximum atomic E-state index is 12.8. The fourth-order valence-corrected chi connectivity index (χ4v) is 3.09. The van der Waals surface area contributed by atoms with Crippen LogP contribution < -0.4 is 5.32 Å². The van der Waals surface area contributed by atoms with Crippen LogP contribution in [0.5, 0.6) is 0 Å². The average Bonchev–Trinajstić information content (AvgIpc) is 2.60. The van der Waals surface area contributed by atoms with E-state index < -0.39 is 22.0 Å². The predicted molar refractivity (Wildman–Crippen MR) is 96.7 cm³/mol. The average molecular weight is 409 g/mol. The number of anilines is 2. The summed E-state index contributed by atoms with van der Waals surface area (Å²) in [5.74, 6) is -0.224. The molecule has 0 saturated heterocycles. The van der Waals surface area contributed by atoms with Crippen LogP contribution in [-0.2, 0) is 16.3 Å². The van der Waals surface area contributed by atoms with Crippen LogP contribution >= 0.6 is 0 Å². The molecule has 0 aliphatic carbocycles. The molecule has 0 spiro atoms. The number of nitrogens with one attached hydrogen (secondary N) is 1. The van der Waals surface area contributed by atoms with Crippen LogP contribution in [0, 0.1) is 6.92 Å². The van der Waals surface area contributed by atoms with Crippen LogP contribution in [0.15, 0.2) is 59.6 Å². The minimum absolute atomic E-state index is 0.224. The van der Waals surface area contributed by atoms with Crippen molar-refractivity contribution in [3.63, 3.8) is 0 Å². The smallest absolute Gasteiger partial charge is 0.324 e. The van der Waals surface area contributed by atoms with Gasteiger partial charge in [0.25, 0.3) is 10.1 Å². The van der Waals surface area contributed by atoms with Gasteiger partial charge in [-0.2, -0.15) is 21.6 Å². The second-order valence-electron chi connectivity index (χ2n) is 5.98. The molecule has 28 heavy (non-hydrogen) atoms. The Kier molecular flexibility index (Phi) is 5.09. The van der Waals surface area contributed by atoms with E-state index in [9.17, 15) is 26.1 Å². The molecule has 10 heteroatoms. The minimum atomic E-state index is -4.59. The molecule has 146 valence electrons. The molecule has 0 saturated carbocycles. The number of hydrogen-bond acceptors (Lipinski definition) is 5. The van der Waals surface area contributed by atoms with E-state index in [0.717, 1.165) is 17.8 Å². The summed E-state index contributed by atoms with van der Waals surface area (Å²) in [6.07, 6.45) is -3.59. The molecular weight excluding hydrogens is 395 g/mol. The van der Waals surface area contributed by atoms with Crippen molar-refractivity contribution >= 4 is 21.8 Å². The van der Waals surface area contributed by atoms with Crippen molar-refractivity contribution in [2.24, 2.45) is 0 Å². The highest BCUT2D eigenvalue weighted by atomic mass is 32.2. The van der Waals surface area contributed by atoms with Gasteiger partial charge in [-0.15, -0.1) is 0 Å². The lowest BCUT2D eigenvalue weighted by Crippen LogP contribution is -2.10. The molecule has 3 aromatic rings. The maximum Gasteiger partial charge on any atom is 0.433 e. The summed E-state index contributed by atoms with van der Waals surface area (Å²) < 4.78 is 70.3. The molecule has 0 atom stereocenters. The molecule has 0 amide bonds. The first-order valence-corrected chi connectivity index (χ1v) is 9.33. The molecule has 0 radical (unpaired) electrons. The zero-order valence-electron chi connectivity index (χ0n) is 14.4. The molecule has 1 heterocycles. The van der Waals surface area contributed by atoms with E-state index in [4.69, 9.17) is 0 Å². The first-order chi connectivity index (χ1) is 13.0. The van der Waals surface area contributed by atoms with Gasteiger partial charge in [0.05, 0.1) is 4.90 Å². The largest absolute Gasteiger partial charge is 0.433 e. The molecular formula is C18H14F3N3O3S. The van der Waals surface area contributed by atoms with Crippen molar-refractivity contribution in [3.05, 3.63) is 66.0 Å². The predicted octanol–water partition coefficient (Wildman–Crippen LogP) is 4.46. The van der Waals surface area contributed by atoms with Gasteiger partial charge in [0.15, 0.2) is 0 Å². The number of rotatable bonds is 4. The number of aromatic nitrogens is 2. The summed E-state index contributed by atoms with van der Waals surface area (Å²) in [5.41, 5.74) is 1.22. The summed E-state index contributed by atoms with van der Waals surface area (Å²) in [7, 11) is -4.36. The van der Waals surface area contributed by atoms with E-state index in [1.165, 1.54) is 18.2 Å². The van der Waals surface area contributed by atoms with Crippen LogP contribution in [0.1, 0.15) is 11.3 Å². The van der Waals surface area contributed by atoms with Gasteiger partial charge < -0.3 is 5.32 Å². The Labute approximate surface area is 158 Å². The molecule has 0 aliphatic rings. The first-order valence-electron chi connectivity index (χ1n) is 7.89. The van der Waals surface area contributed by atoms with E-state index >= 15 is 0 Å². The highest BCUT2D eigenvalue weighted by Crippen LogP contribution is 2.30. The van der Waals surface area contributed by atoms with Gasteiger partial charge in [-0.1, -0.05) is 18.2 Å². The zero-order chi connectivity index (χ0) is 20.5. The molecule has 0 unspecified atom stereocenters. The summed E-state index contributed by atoms with van der Waals surface area (Å²) in [6, 6.07) is 11.5. The summed E-state index contributed by atoms with van der Waals surface area (Å²) in [6.45, 7) is 1.77. The van der Waals surface area contributed by atoms with Crippen molar-refractivity contribution in [2.75, 3.05) is 5.32 Å². The van der Waals surface area contributed by atoms with E-state index in [1.807, 2.05) is 0 Å². The minimum Gasteiger partial charge on any atom is -0.324 e. The number of benzene rings is 2. The Hall–Kier alpha value is -2.98. The quantitative estimate of drug-likeness (QED) is 0.618. The van der Waals surface area contributed by atoms with E-state index in [-0.39, 0.29) is 10.8 Å². The molecule has 2 aromatic carbocycles. The molecule has 3 rings (SSSR count). The molecule has 0 aliphatic heterocycles. The van der Waals surface area contributed by atoms with Gasteiger partial charge in [-0.05, 0) is 53.9 Å². The maximum absolute atomic E-state index is 12.8. The Morgan fingerprint density at radius 2 is 1.79 bits per heavy atom. The molecule has 0 fully saturated rings. The number of nitrogens with zero attached hydrogens (tertiary/aromatic N) is 2. The third-order valence-electron chi connectivity index (χ3n) is 3.74. The lowest BCUT2D eigenvalue weighted by molar-refractivity contribution is -0.141. The van der Waals surface area contributed by atoms with Crippen molar-refractivity contribution in [2.45, 2.75) is 18.0 Å². The SMILES string of the molecule is Cc1cc(Nc2nccc(C(F)(F)F)n2)cc(-c2cccc(S(=O)(=O)O)c2)c1. The fourth-order valence-electron chi connectivity index (χ4n) is 2.56. The third kappa shape index (κ3) is 4.65. The summed E-state index contributed by atoms with van der Waals surface area (Å²) in [4.78, 5) is 6.99. The van der Waals surface area contributed by atoms with Crippen LogP contribution in [0.25, 0.3) is 11.1 Å². The van der Waals surface area contributed by atoms with Crippen LogP contribution in [0.4, 0.5) is 24.8 Å². The Bertz CT molecular complexity index is 1130. The number of aryl methyl sites for hydroxylation is 1. The standard InChI is InChI=1S/C18H14F3N3O3S/c1-11-7-13(12-3-2-4-15(10-12)28(25,26)27)9-14(8-11)23-17-22-6-5-16(24-17)18(19,20)21/h2-10H,1H3,(H,22,23,24)(H,25,26,27). The normalized spacial score (nSPS) is 12.0. The number of hydrogen-bond donors (Lipinski definition) is 2. The third-order valence-corrected chi connectivity index (χ3v) is 4.59. The van der Waals surface area contributed by atoms with Gasteiger partial charge in [-0.25, -0.2) is 9.97 Å². The zero-order valence-corrected chi connectivity index (χ0v) is 15.2. The van der Waals surface area contributed by atoms with Crippen molar-refractivity contribution in [1.29, 1.82) is 0 Å². The second-order valence-corrected chi connectivity index (χ2v) is 7.40. The van der Waals surface area contributed by atoms with E-state index in [1.54, 1.807) is 31.2 Å². The number of halogens is 3. The lowest BCUT2D eigenvalue weighted by Gasteiger charge is -2.11. The highest BCUT2D eigenvalue weighted by Gasteiger charge is 2.32. The fraction of sp³-hybridized carbons (Fsp3) is 0.111. The van der Waals surface area contributed by atoms with Gasteiger partial charge in [0, 0.05) is 11.9 Å². The van der Waals surface area contributed by atoms with Crippen molar-refractivity contribution in [3.8, 4) is 11.1 Å². The van der Waals surface area contributed by atoms with Gasteiger partial charge in [0.1, 0.15) is 5.69 Å². The topological polar surface area (TPSA) is 92.2 Å². The monoisotopic (exact) mass is 409 g/mol. The summed E-state index contributed by atoms with van der Waals surface area (Å²) in [5, 5.41) is 2.72.